The predicted molar refractivity (Wildman–Crippen MR) is 90.4 cm³/mol. The van der Waals surface area contributed by atoms with E-state index >= 15 is 0 Å². The molecule has 6 nitrogen and oxygen atoms in total. The van der Waals surface area contributed by atoms with Gasteiger partial charge in [-0.15, -0.1) is 0 Å². The fourth-order valence-corrected chi connectivity index (χ4v) is 3.41. The van der Waals surface area contributed by atoms with E-state index in [9.17, 15) is 15.3 Å². The van der Waals surface area contributed by atoms with Gasteiger partial charge in [-0.1, -0.05) is 32.6 Å². The molecule has 5 atom stereocenters. The summed E-state index contributed by atoms with van der Waals surface area (Å²) >= 11 is 1.89. The average Bonchev–Trinajstić information content (AvgIpc) is 2.56. The van der Waals surface area contributed by atoms with E-state index in [0.29, 0.717) is 6.61 Å². The summed E-state index contributed by atoms with van der Waals surface area (Å²) in [6.07, 6.45) is 1.34. The summed E-state index contributed by atoms with van der Waals surface area (Å²) in [5.74, 6) is 2.13. The largest absolute Gasteiger partial charge is 0.394 e. The Labute approximate surface area is 143 Å². The molecular weight excluding hydrogens is 320 g/mol. The van der Waals surface area contributed by atoms with Crippen molar-refractivity contribution in [2.45, 2.75) is 76.2 Å². The molecule has 138 valence electrons. The van der Waals surface area contributed by atoms with Crippen LogP contribution in [0.2, 0.25) is 0 Å². The van der Waals surface area contributed by atoms with E-state index in [2.05, 4.69) is 6.92 Å². The number of aliphatic hydroxyl groups is 4. The molecule has 0 radical (unpaired) electrons. The number of rotatable bonds is 12. The maximum Gasteiger partial charge on any atom is 0.186 e. The molecular formula is C16H32O6S. The van der Waals surface area contributed by atoms with E-state index in [0.717, 1.165) is 17.9 Å². The summed E-state index contributed by atoms with van der Waals surface area (Å²) in [4.78, 5) is 0. The third-order valence-electron chi connectivity index (χ3n) is 3.96. The molecule has 0 aliphatic carbocycles. The van der Waals surface area contributed by atoms with Crippen molar-refractivity contribution in [3.05, 3.63) is 0 Å². The first-order valence-corrected chi connectivity index (χ1v) is 9.77. The van der Waals surface area contributed by atoms with E-state index < -0.39 is 37.3 Å². The van der Waals surface area contributed by atoms with Crippen molar-refractivity contribution in [1.82, 2.24) is 0 Å². The Bertz CT molecular complexity index is 292. The Kier molecular flexibility index (Phi) is 11.5. The molecule has 0 aromatic carbocycles. The van der Waals surface area contributed by atoms with Gasteiger partial charge < -0.3 is 29.9 Å². The van der Waals surface area contributed by atoms with Crippen molar-refractivity contribution in [1.29, 1.82) is 0 Å². The van der Waals surface area contributed by atoms with Crippen LogP contribution in [-0.2, 0) is 9.47 Å². The van der Waals surface area contributed by atoms with Crippen LogP contribution in [0, 0.1) is 0 Å². The van der Waals surface area contributed by atoms with Gasteiger partial charge in [0.05, 0.1) is 13.2 Å². The minimum Gasteiger partial charge on any atom is -0.394 e. The first-order valence-electron chi connectivity index (χ1n) is 8.61. The second-order valence-corrected chi connectivity index (χ2v) is 7.17. The van der Waals surface area contributed by atoms with Gasteiger partial charge in [0.25, 0.3) is 0 Å². The van der Waals surface area contributed by atoms with Crippen molar-refractivity contribution in [3.8, 4) is 0 Å². The molecule has 0 aromatic heterocycles. The number of aliphatic hydroxyl groups excluding tert-OH is 4. The van der Waals surface area contributed by atoms with E-state index in [4.69, 9.17) is 14.6 Å². The monoisotopic (exact) mass is 352 g/mol. The maximum atomic E-state index is 9.82. The lowest BCUT2D eigenvalue weighted by Crippen LogP contribution is -2.59. The summed E-state index contributed by atoms with van der Waals surface area (Å²) < 4.78 is 10.7. The van der Waals surface area contributed by atoms with Gasteiger partial charge in [-0.3, -0.25) is 0 Å². The maximum absolute atomic E-state index is 9.82. The van der Waals surface area contributed by atoms with Crippen molar-refractivity contribution in [2.75, 3.05) is 24.7 Å². The molecule has 1 fully saturated rings. The van der Waals surface area contributed by atoms with Crippen LogP contribution in [0.5, 0.6) is 0 Å². The lowest BCUT2D eigenvalue weighted by molar-refractivity contribution is -0.300. The Balaban J connectivity index is 2.06. The molecule has 1 aliphatic heterocycles. The third-order valence-corrected chi connectivity index (χ3v) is 5.11. The number of hydrogen-bond donors (Lipinski definition) is 4. The average molecular weight is 352 g/mol. The minimum absolute atomic E-state index is 0.408. The first kappa shape index (κ1) is 21.2. The molecule has 1 saturated heterocycles. The Morgan fingerprint density at radius 1 is 0.913 bits per heavy atom. The highest BCUT2D eigenvalue weighted by Crippen LogP contribution is 2.22. The van der Waals surface area contributed by atoms with Gasteiger partial charge >= 0.3 is 0 Å². The lowest BCUT2D eigenvalue weighted by atomic mass is 9.99. The second kappa shape index (κ2) is 12.5. The van der Waals surface area contributed by atoms with Crippen LogP contribution in [0.15, 0.2) is 0 Å². The van der Waals surface area contributed by atoms with E-state index in [1.807, 2.05) is 11.8 Å². The summed E-state index contributed by atoms with van der Waals surface area (Å²) in [6.45, 7) is 2.19. The van der Waals surface area contributed by atoms with Gasteiger partial charge in [0.1, 0.15) is 24.4 Å². The highest BCUT2D eigenvalue weighted by atomic mass is 32.2. The van der Waals surface area contributed by atoms with Gasteiger partial charge in [0.2, 0.25) is 0 Å². The van der Waals surface area contributed by atoms with E-state index in [1.165, 1.54) is 32.1 Å². The highest BCUT2D eigenvalue weighted by Gasteiger charge is 2.43. The Morgan fingerprint density at radius 2 is 1.61 bits per heavy atom. The van der Waals surface area contributed by atoms with Crippen LogP contribution in [-0.4, -0.2) is 75.9 Å². The van der Waals surface area contributed by atoms with Crippen molar-refractivity contribution in [2.24, 2.45) is 0 Å². The fourth-order valence-electron chi connectivity index (χ4n) is 2.48. The van der Waals surface area contributed by atoms with Crippen molar-refractivity contribution in [3.63, 3.8) is 0 Å². The molecule has 2 unspecified atom stereocenters. The molecule has 0 aromatic rings. The number of thioether (sulfide) groups is 1. The second-order valence-electron chi connectivity index (χ2n) is 5.95. The fraction of sp³-hybridized carbons (Fsp3) is 1.00. The van der Waals surface area contributed by atoms with Crippen molar-refractivity contribution < 1.29 is 29.9 Å². The van der Waals surface area contributed by atoms with Crippen LogP contribution in [0.4, 0.5) is 0 Å². The Hall–Kier alpha value is 0.110. The predicted octanol–water partition coefficient (Wildman–Crippen LogP) is 0.897. The van der Waals surface area contributed by atoms with E-state index in [1.54, 1.807) is 0 Å². The molecule has 7 heteroatoms. The highest BCUT2D eigenvalue weighted by molar-refractivity contribution is 7.99. The van der Waals surface area contributed by atoms with Gasteiger partial charge in [-0.25, -0.2) is 0 Å². The van der Waals surface area contributed by atoms with Crippen LogP contribution in [0.1, 0.15) is 45.4 Å². The summed E-state index contributed by atoms with van der Waals surface area (Å²) in [6, 6.07) is 0. The van der Waals surface area contributed by atoms with Gasteiger partial charge in [-0.2, -0.15) is 11.8 Å². The van der Waals surface area contributed by atoms with Crippen molar-refractivity contribution >= 4 is 11.8 Å². The number of ether oxygens (including phenoxy) is 2. The van der Waals surface area contributed by atoms with Gasteiger partial charge in [0, 0.05) is 0 Å². The number of unbranched alkanes of at least 4 members (excludes halogenated alkanes) is 4. The van der Waals surface area contributed by atoms with Crippen LogP contribution in [0.25, 0.3) is 0 Å². The van der Waals surface area contributed by atoms with Gasteiger partial charge in [-0.05, 0) is 24.3 Å². The summed E-state index contributed by atoms with van der Waals surface area (Å²) in [5.41, 5.74) is 0. The molecule has 4 N–H and O–H groups in total. The molecule has 23 heavy (non-hydrogen) atoms. The first-order chi connectivity index (χ1) is 11.1. The normalized spacial score (nSPS) is 31.4. The summed E-state index contributed by atoms with van der Waals surface area (Å²) in [5, 5.41) is 38.2. The smallest absolute Gasteiger partial charge is 0.186 e. The SMILES string of the molecule is CCCCCCCSCCCO[C@@H]1OC(CO)[C@H](O)[C@H](O)C1O. The zero-order chi connectivity index (χ0) is 17.1. The topological polar surface area (TPSA) is 99.4 Å². The zero-order valence-corrected chi connectivity index (χ0v) is 14.8. The van der Waals surface area contributed by atoms with E-state index in [-0.39, 0.29) is 0 Å². The van der Waals surface area contributed by atoms with Crippen LogP contribution in [0.3, 0.4) is 0 Å². The molecule has 1 aliphatic rings. The Morgan fingerprint density at radius 3 is 2.30 bits per heavy atom. The van der Waals surface area contributed by atoms with Crippen LogP contribution >= 0.6 is 11.8 Å². The molecule has 1 rings (SSSR count). The molecule has 0 saturated carbocycles. The standard InChI is InChI=1S/C16H32O6S/c1-2-3-4-5-6-9-23-10-7-8-21-16-15(20)14(19)13(18)12(11-17)22-16/h12-20H,2-11H2,1H3/t12?,13-,14-,15?,16+/m0/s1. The minimum atomic E-state index is -1.37. The molecule has 0 bridgehead atoms. The molecule has 0 spiro atoms. The molecule has 0 amide bonds. The third kappa shape index (κ3) is 7.69. The summed E-state index contributed by atoms with van der Waals surface area (Å²) in [7, 11) is 0. The zero-order valence-electron chi connectivity index (χ0n) is 14.0. The lowest BCUT2D eigenvalue weighted by Gasteiger charge is -2.39. The van der Waals surface area contributed by atoms with Gasteiger partial charge in [0.15, 0.2) is 6.29 Å². The number of hydrogen-bond acceptors (Lipinski definition) is 7. The quantitative estimate of drug-likeness (QED) is 0.387. The van der Waals surface area contributed by atoms with Crippen LogP contribution < -0.4 is 0 Å². The molecule has 1 heterocycles.